The first-order valence-corrected chi connectivity index (χ1v) is 6.43. The van der Waals surface area contributed by atoms with Crippen LogP contribution in [0.25, 0.3) is 0 Å². The molecule has 0 aromatic carbocycles. The fourth-order valence-electron chi connectivity index (χ4n) is 3.03. The van der Waals surface area contributed by atoms with Gasteiger partial charge in [0.25, 0.3) is 5.56 Å². The van der Waals surface area contributed by atoms with Crippen molar-refractivity contribution in [2.75, 3.05) is 13.1 Å². The number of H-pyrrole nitrogens is 1. The fourth-order valence-corrected chi connectivity index (χ4v) is 3.03. The van der Waals surface area contributed by atoms with E-state index in [1.165, 1.54) is 24.4 Å². The molecule has 1 fully saturated rings. The van der Waals surface area contributed by atoms with Crippen LogP contribution in [0.2, 0.25) is 0 Å². The smallest absolute Gasteiger partial charge is 0.251 e. The van der Waals surface area contributed by atoms with Gasteiger partial charge in [-0.05, 0) is 13.3 Å². The molecule has 4 nitrogen and oxygen atoms in total. The first-order chi connectivity index (χ1) is 8.02. The maximum atomic E-state index is 11.4. The normalized spacial score (nSPS) is 29.2. The van der Waals surface area contributed by atoms with Crippen LogP contribution in [0.4, 0.5) is 0 Å². The summed E-state index contributed by atoms with van der Waals surface area (Å²) in [6.07, 6.45) is 1.32. The number of likely N-dealkylation sites (tertiary alicyclic amines) is 1. The van der Waals surface area contributed by atoms with Crippen molar-refractivity contribution in [3.05, 3.63) is 27.9 Å². The van der Waals surface area contributed by atoms with E-state index in [0.717, 1.165) is 29.9 Å². The van der Waals surface area contributed by atoms with Gasteiger partial charge in [0.2, 0.25) is 0 Å². The summed E-state index contributed by atoms with van der Waals surface area (Å²) in [5.74, 6) is 2.36. The molecule has 94 valence electrons. The van der Waals surface area contributed by atoms with Crippen molar-refractivity contribution >= 4 is 0 Å². The molecule has 17 heavy (non-hydrogen) atoms. The maximum absolute atomic E-state index is 11.4. The highest BCUT2D eigenvalue weighted by Gasteiger charge is 2.25. The average molecular weight is 236 g/mol. The first kappa shape index (κ1) is 12.3. The zero-order valence-corrected chi connectivity index (χ0v) is 10.9. The van der Waals surface area contributed by atoms with E-state index in [0.29, 0.717) is 0 Å². The van der Waals surface area contributed by atoms with Crippen LogP contribution in [0.3, 0.4) is 0 Å². The van der Waals surface area contributed by atoms with E-state index in [-0.39, 0.29) is 5.56 Å². The van der Waals surface area contributed by atoms with Crippen LogP contribution in [0.5, 0.6) is 0 Å². The number of aromatic amines is 1. The van der Waals surface area contributed by atoms with Crippen molar-refractivity contribution in [1.29, 1.82) is 0 Å². The van der Waals surface area contributed by atoms with Gasteiger partial charge in [0.15, 0.2) is 5.82 Å². The fraction of sp³-hybridized carbons (Fsp3) is 0.692. The summed E-state index contributed by atoms with van der Waals surface area (Å²) in [5, 5.41) is 0. The highest BCUT2D eigenvalue weighted by Crippen LogP contribution is 2.12. The van der Waals surface area contributed by atoms with Gasteiger partial charge < -0.3 is 9.88 Å². The summed E-state index contributed by atoms with van der Waals surface area (Å²) in [6.45, 7) is 9.69. The van der Waals surface area contributed by atoms with Gasteiger partial charge in [0.05, 0.1) is 13.1 Å². The second-order valence-electron chi connectivity index (χ2n) is 5.61. The number of quaternary nitrogens is 1. The van der Waals surface area contributed by atoms with Gasteiger partial charge in [-0.25, -0.2) is 4.98 Å². The van der Waals surface area contributed by atoms with Crippen molar-refractivity contribution in [1.82, 2.24) is 9.97 Å². The molecule has 2 N–H and O–H groups in total. The molecule has 0 unspecified atom stereocenters. The minimum Gasteiger partial charge on any atom is -0.328 e. The quantitative estimate of drug-likeness (QED) is 0.767. The number of rotatable bonds is 2. The van der Waals surface area contributed by atoms with Crippen molar-refractivity contribution < 1.29 is 4.90 Å². The molecule has 1 saturated heterocycles. The van der Waals surface area contributed by atoms with Crippen molar-refractivity contribution in [2.24, 2.45) is 11.8 Å². The molecule has 2 heterocycles. The van der Waals surface area contributed by atoms with Gasteiger partial charge in [-0.2, -0.15) is 0 Å². The highest BCUT2D eigenvalue weighted by molar-refractivity contribution is 4.99. The number of hydrogen-bond donors (Lipinski definition) is 2. The zero-order valence-electron chi connectivity index (χ0n) is 10.9. The molecule has 2 rings (SSSR count). The third-order valence-corrected chi connectivity index (χ3v) is 3.42. The van der Waals surface area contributed by atoms with Gasteiger partial charge in [0.1, 0.15) is 6.54 Å². The number of piperidine rings is 1. The van der Waals surface area contributed by atoms with Crippen molar-refractivity contribution in [3.8, 4) is 0 Å². The summed E-state index contributed by atoms with van der Waals surface area (Å²) in [4.78, 5) is 20.1. The summed E-state index contributed by atoms with van der Waals surface area (Å²) in [5.41, 5.74) is 0.770. The van der Waals surface area contributed by atoms with Gasteiger partial charge in [-0.3, -0.25) is 4.79 Å². The SMILES string of the molecule is Cc1cc(=O)[nH]c(C[NH+]2C[C@@H](C)C[C@H](C)C2)n1. The number of hydrogen-bond acceptors (Lipinski definition) is 2. The van der Waals surface area contributed by atoms with Crippen LogP contribution >= 0.6 is 0 Å². The maximum Gasteiger partial charge on any atom is 0.251 e. The predicted octanol–water partition coefficient (Wildman–Crippen LogP) is 0.139. The zero-order chi connectivity index (χ0) is 12.4. The summed E-state index contributed by atoms with van der Waals surface area (Å²) < 4.78 is 0. The molecule has 4 heteroatoms. The number of nitrogens with one attached hydrogen (secondary N) is 2. The largest absolute Gasteiger partial charge is 0.328 e. The minimum absolute atomic E-state index is 0.0370. The Labute approximate surface area is 102 Å². The molecular weight excluding hydrogens is 214 g/mol. The number of aromatic nitrogens is 2. The van der Waals surface area contributed by atoms with Crippen LogP contribution in [-0.4, -0.2) is 23.1 Å². The molecule has 0 spiro atoms. The van der Waals surface area contributed by atoms with Gasteiger partial charge >= 0.3 is 0 Å². The lowest BCUT2D eigenvalue weighted by molar-refractivity contribution is -0.926. The van der Waals surface area contributed by atoms with Crippen molar-refractivity contribution in [2.45, 2.75) is 33.7 Å². The van der Waals surface area contributed by atoms with Gasteiger partial charge in [-0.15, -0.1) is 0 Å². The Kier molecular flexibility index (Phi) is 3.62. The van der Waals surface area contributed by atoms with E-state index in [1.807, 2.05) is 6.92 Å². The van der Waals surface area contributed by atoms with Gasteiger partial charge in [-0.1, -0.05) is 13.8 Å². The molecular formula is C13H22N3O+. The lowest BCUT2D eigenvalue weighted by Gasteiger charge is -2.31. The van der Waals surface area contributed by atoms with Gasteiger partial charge in [0, 0.05) is 23.6 Å². The Balaban J connectivity index is 2.07. The average Bonchev–Trinajstić information content (AvgIpc) is 2.13. The van der Waals surface area contributed by atoms with Crippen LogP contribution in [0.15, 0.2) is 10.9 Å². The van der Waals surface area contributed by atoms with Crippen molar-refractivity contribution in [3.63, 3.8) is 0 Å². The molecule has 1 aromatic heterocycles. The first-order valence-electron chi connectivity index (χ1n) is 6.43. The van der Waals surface area contributed by atoms with Crippen LogP contribution in [0, 0.1) is 18.8 Å². The van der Waals surface area contributed by atoms with E-state index in [2.05, 4.69) is 23.8 Å². The lowest BCUT2D eigenvalue weighted by Crippen LogP contribution is -3.13. The van der Waals surface area contributed by atoms with E-state index in [9.17, 15) is 4.79 Å². The summed E-state index contributed by atoms with van der Waals surface area (Å²) >= 11 is 0. The monoisotopic (exact) mass is 236 g/mol. The topological polar surface area (TPSA) is 50.2 Å². The molecule has 1 aliphatic rings. The molecule has 0 radical (unpaired) electrons. The van der Waals surface area contributed by atoms with E-state index in [4.69, 9.17) is 0 Å². The number of nitrogens with zero attached hydrogens (tertiary/aromatic N) is 1. The third-order valence-electron chi connectivity index (χ3n) is 3.42. The molecule has 0 bridgehead atoms. The van der Waals surface area contributed by atoms with E-state index >= 15 is 0 Å². The second kappa shape index (κ2) is 5.00. The molecule has 0 aliphatic carbocycles. The Morgan fingerprint density at radius 1 is 1.41 bits per heavy atom. The Hall–Kier alpha value is -1.16. The minimum atomic E-state index is -0.0370. The van der Waals surface area contributed by atoms with Crippen LogP contribution in [-0.2, 0) is 6.54 Å². The van der Waals surface area contributed by atoms with E-state index < -0.39 is 0 Å². The Bertz CT molecular complexity index is 431. The Morgan fingerprint density at radius 3 is 2.65 bits per heavy atom. The lowest BCUT2D eigenvalue weighted by atomic mass is 9.92. The number of aryl methyl sites for hydroxylation is 1. The third kappa shape index (κ3) is 3.40. The molecule has 2 atom stereocenters. The standard InChI is InChI=1S/C13H21N3O/c1-9-4-10(2)7-16(6-9)8-12-14-11(3)5-13(17)15-12/h5,9-10H,4,6-8H2,1-3H3,(H,14,15,17)/p+1/t9-,10-/m0/s1. The second-order valence-corrected chi connectivity index (χ2v) is 5.61. The Morgan fingerprint density at radius 2 is 2.06 bits per heavy atom. The van der Waals surface area contributed by atoms with Crippen LogP contribution in [0.1, 0.15) is 31.8 Å². The van der Waals surface area contributed by atoms with Crippen LogP contribution < -0.4 is 10.5 Å². The molecule has 0 amide bonds. The summed E-state index contributed by atoms with van der Waals surface area (Å²) in [7, 11) is 0. The molecule has 0 saturated carbocycles. The summed E-state index contributed by atoms with van der Waals surface area (Å²) in [6, 6.07) is 1.54. The molecule has 1 aromatic rings. The predicted molar refractivity (Wildman–Crippen MR) is 66.9 cm³/mol. The molecule has 1 aliphatic heterocycles. The highest BCUT2D eigenvalue weighted by atomic mass is 16.1. The van der Waals surface area contributed by atoms with E-state index in [1.54, 1.807) is 6.07 Å².